The molecule has 0 aromatic heterocycles. The molecule has 0 radical (unpaired) electrons. The highest BCUT2D eigenvalue weighted by molar-refractivity contribution is 5.78. The van der Waals surface area contributed by atoms with Gasteiger partial charge in [-0.05, 0) is 31.1 Å². The highest BCUT2D eigenvalue weighted by Gasteiger charge is 2.38. The predicted molar refractivity (Wildman–Crippen MR) is 76.7 cm³/mol. The molecule has 2 atom stereocenters. The van der Waals surface area contributed by atoms with Gasteiger partial charge in [-0.15, -0.1) is 0 Å². The highest BCUT2D eigenvalue weighted by Crippen LogP contribution is 2.45. The second-order valence-corrected chi connectivity index (χ2v) is 6.26. The molecule has 1 heterocycles. The molecule has 2 unspecified atom stereocenters. The van der Waals surface area contributed by atoms with Gasteiger partial charge < -0.3 is 10.0 Å². The van der Waals surface area contributed by atoms with Gasteiger partial charge in [-0.2, -0.15) is 0 Å². The van der Waals surface area contributed by atoms with Crippen molar-refractivity contribution in [2.75, 3.05) is 7.05 Å². The van der Waals surface area contributed by atoms with Crippen LogP contribution in [0.5, 0.6) is 0 Å². The molecule has 2 aliphatic rings. The monoisotopic (exact) mass is 265 g/mol. The molecular formula is C16H27NO2. The first kappa shape index (κ1) is 14.6. The van der Waals surface area contributed by atoms with E-state index in [0.29, 0.717) is 6.42 Å². The zero-order chi connectivity index (χ0) is 13.9. The molecule has 0 bridgehead atoms. The molecule has 2 rings (SSSR count). The van der Waals surface area contributed by atoms with Gasteiger partial charge in [-0.3, -0.25) is 4.79 Å². The summed E-state index contributed by atoms with van der Waals surface area (Å²) in [7, 11) is 1.86. The lowest BCUT2D eigenvalue weighted by Crippen LogP contribution is -2.32. The van der Waals surface area contributed by atoms with E-state index in [0.717, 1.165) is 32.1 Å². The molecule has 2 fully saturated rings. The molecule has 0 spiro atoms. The van der Waals surface area contributed by atoms with Crippen LogP contribution < -0.4 is 0 Å². The maximum absolute atomic E-state index is 11.5. The maximum Gasteiger partial charge on any atom is 0.222 e. The van der Waals surface area contributed by atoms with E-state index in [9.17, 15) is 9.90 Å². The number of carbonyl (C=O) groups is 1. The van der Waals surface area contributed by atoms with Gasteiger partial charge in [0.15, 0.2) is 0 Å². The van der Waals surface area contributed by atoms with Crippen LogP contribution in [0.3, 0.4) is 0 Å². The second kappa shape index (κ2) is 6.08. The Kier molecular flexibility index (Phi) is 4.67. The Morgan fingerprint density at radius 1 is 1.47 bits per heavy atom. The van der Waals surface area contributed by atoms with Crippen molar-refractivity contribution in [1.29, 1.82) is 0 Å². The van der Waals surface area contributed by atoms with Crippen LogP contribution in [-0.2, 0) is 4.79 Å². The quantitative estimate of drug-likeness (QED) is 0.776. The third-order valence-electron chi connectivity index (χ3n) is 5.04. The van der Waals surface area contributed by atoms with E-state index in [2.05, 4.69) is 6.92 Å². The average Bonchev–Trinajstić information content (AvgIpc) is 2.98. The van der Waals surface area contributed by atoms with Gasteiger partial charge in [0.25, 0.3) is 0 Å². The van der Waals surface area contributed by atoms with Crippen LogP contribution in [0.2, 0.25) is 0 Å². The fourth-order valence-electron chi connectivity index (χ4n) is 3.76. The Balaban J connectivity index is 1.99. The summed E-state index contributed by atoms with van der Waals surface area (Å²) in [5.41, 5.74) is 0.104. The van der Waals surface area contributed by atoms with Gasteiger partial charge in [0, 0.05) is 13.5 Å². The van der Waals surface area contributed by atoms with Crippen LogP contribution in [-0.4, -0.2) is 35.1 Å². The van der Waals surface area contributed by atoms with Crippen molar-refractivity contribution in [3.8, 4) is 0 Å². The van der Waals surface area contributed by atoms with Crippen molar-refractivity contribution in [3.05, 3.63) is 12.2 Å². The van der Waals surface area contributed by atoms with Crippen LogP contribution in [0.4, 0.5) is 0 Å². The van der Waals surface area contributed by atoms with E-state index in [1.807, 2.05) is 19.2 Å². The van der Waals surface area contributed by atoms with Crippen LogP contribution in [0.25, 0.3) is 0 Å². The van der Waals surface area contributed by atoms with E-state index in [1.165, 1.54) is 12.8 Å². The fourth-order valence-corrected chi connectivity index (χ4v) is 3.76. The molecule has 1 amide bonds. The van der Waals surface area contributed by atoms with Crippen LogP contribution in [0, 0.1) is 5.41 Å². The molecule has 0 aromatic rings. The van der Waals surface area contributed by atoms with Gasteiger partial charge in [0.2, 0.25) is 5.91 Å². The Morgan fingerprint density at radius 2 is 2.16 bits per heavy atom. The lowest BCUT2D eigenvalue weighted by atomic mass is 9.76. The summed E-state index contributed by atoms with van der Waals surface area (Å²) in [6, 6.07) is 0.183. The van der Waals surface area contributed by atoms with Gasteiger partial charge in [-0.1, -0.05) is 38.3 Å². The van der Waals surface area contributed by atoms with Crippen LogP contribution in [0.1, 0.15) is 58.3 Å². The molecule has 0 aromatic carbocycles. The van der Waals surface area contributed by atoms with Crippen molar-refractivity contribution in [1.82, 2.24) is 4.90 Å². The van der Waals surface area contributed by atoms with Gasteiger partial charge in [0.1, 0.15) is 0 Å². The Bertz CT molecular complexity index is 345. The maximum atomic E-state index is 11.5. The lowest BCUT2D eigenvalue weighted by Gasteiger charge is -2.32. The number of hydrogen-bond donors (Lipinski definition) is 1. The van der Waals surface area contributed by atoms with Crippen molar-refractivity contribution in [3.63, 3.8) is 0 Å². The van der Waals surface area contributed by atoms with Gasteiger partial charge in [0.05, 0.1) is 12.1 Å². The van der Waals surface area contributed by atoms with Crippen molar-refractivity contribution in [2.45, 2.75) is 70.4 Å². The van der Waals surface area contributed by atoms with E-state index >= 15 is 0 Å². The second-order valence-electron chi connectivity index (χ2n) is 6.26. The normalized spacial score (nSPS) is 28.5. The minimum absolute atomic E-state index is 0.104. The lowest BCUT2D eigenvalue weighted by molar-refractivity contribution is -0.127. The van der Waals surface area contributed by atoms with Crippen molar-refractivity contribution < 1.29 is 9.90 Å². The molecule has 19 heavy (non-hydrogen) atoms. The summed E-state index contributed by atoms with van der Waals surface area (Å²) >= 11 is 0. The molecule has 3 nitrogen and oxygen atoms in total. The van der Waals surface area contributed by atoms with E-state index in [4.69, 9.17) is 0 Å². The summed E-state index contributed by atoms with van der Waals surface area (Å²) in [4.78, 5) is 13.3. The smallest absolute Gasteiger partial charge is 0.222 e. The Hall–Kier alpha value is -0.830. The zero-order valence-corrected chi connectivity index (χ0v) is 12.3. The summed E-state index contributed by atoms with van der Waals surface area (Å²) in [5, 5.41) is 10.6. The summed E-state index contributed by atoms with van der Waals surface area (Å²) in [6.45, 7) is 2.19. The fraction of sp³-hybridized carbons (Fsp3) is 0.812. The molecule has 1 aliphatic heterocycles. The number of carbonyl (C=O) groups excluding carboxylic acids is 1. The largest absolute Gasteiger partial charge is 0.388 e. The molecule has 3 heteroatoms. The third kappa shape index (κ3) is 3.02. The first-order chi connectivity index (χ1) is 9.09. The number of likely N-dealkylation sites (N-methyl/N-ethyl adjacent to an activating group) is 1. The summed E-state index contributed by atoms with van der Waals surface area (Å²) in [5.74, 6) is 0.216. The first-order valence-corrected chi connectivity index (χ1v) is 7.71. The molecule has 108 valence electrons. The predicted octanol–water partition coefficient (Wildman–Crippen LogP) is 2.88. The Morgan fingerprint density at radius 3 is 2.68 bits per heavy atom. The highest BCUT2D eigenvalue weighted by atomic mass is 16.3. The van der Waals surface area contributed by atoms with E-state index < -0.39 is 0 Å². The Labute approximate surface area is 116 Å². The van der Waals surface area contributed by atoms with Crippen LogP contribution in [0.15, 0.2) is 12.2 Å². The number of nitrogens with zero attached hydrogens (tertiary/aromatic N) is 1. The average molecular weight is 265 g/mol. The number of amides is 1. The minimum Gasteiger partial charge on any atom is -0.388 e. The van der Waals surface area contributed by atoms with Crippen LogP contribution >= 0.6 is 0 Å². The standard InChI is InChI=1S/C16H27NO2/c1-3-10-16(11-4-5-12-16)14(18)8-6-13-7-9-15(19)17(13)2/h6,8,13-14,18H,3-5,7,9-12H2,1-2H3/b8-6+. The zero-order valence-electron chi connectivity index (χ0n) is 12.3. The first-order valence-electron chi connectivity index (χ1n) is 7.71. The number of aliphatic hydroxyl groups is 1. The van der Waals surface area contributed by atoms with Crippen molar-refractivity contribution in [2.24, 2.45) is 5.41 Å². The topological polar surface area (TPSA) is 40.5 Å². The molecular weight excluding hydrogens is 238 g/mol. The number of likely N-dealkylation sites (tertiary alicyclic amines) is 1. The van der Waals surface area contributed by atoms with E-state index in [1.54, 1.807) is 4.90 Å². The molecule has 1 saturated carbocycles. The SMILES string of the molecule is CCCC1(C(O)/C=C/C2CCC(=O)N2C)CCCC1. The number of aliphatic hydroxyl groups excluding tert-OH is 1. The molecule has 1 aliphatic carbocycles. The van der Waals surface area contributed by atoms with E-state index in [-0.39, 0.29) is 23.5 Å². The molecule has 1 saturated heterocycles. The van der Waals surface area contributed by atoms with Gasteiger partial charge >= 0.3 is 0 Å². The third-order valence-corrected chi connectivity index (χ3v) is 5.04. The van der Waals surface area contributed by atoms with Crippen molar-refractivity contribution >= 4 is 5.91 Å². The number of rotatable bonds is 5. The minimum atomic E-state index is -0.348. The van der Waals surface area contributed by atoms with Gasteiger partial charge in [-0.25, -0.2) is 0 Å². The summed E-state index contributed by atoms with van der Waals surface area (Å²) < 4.78 is 0. The molecule has 1 N–H and O–H groups in total. The number of hydrogen-bond acceptors (Lipinski definition) is 2. The summed E-state index contributed by atoms with van der Waals surface area (Å²) in [6.07, 6.45) is 12.2.